The summed E-state index contributed by atoms with van der Waals surface area (Å²) in [4.78, 5) is 10.8. The van der Waals surface area contributed by atoms with Crippen LogP contribution in [0.25, 0.3) is 0 Å². The molecule has 74 valence electrons. The molecule has 1 rings (SSSR count). The van der Waals surface area contributed by atoms with E-state index in [4.69, 9.17) is 5.11 Å². The summed E-state index contributed by atoms with van der Waals surface area (Å²) in [5, 5.41) is 16.7. The first kappa shape index (κ1) is 10.2. The van der Waals surface area contributed by atoms with Gasteiger partial charge >= 0.3 is 5.97 Å². The third-order valence-electron chi connectivity index (χ3n) is 2.28. The van der Waals surface area contributed by atoms with Gasteiger partial charge in [-0.1, -0.05) is 13.8 Å². The zero-order chi connectivity index (χ0) is 10.1. The predicted octanol–water partition coefficient (Wildman–Crippen LogP) is 2.10. The minimum Gasteiger partial charge on any atom is -0.479 e. The van der Waals surface area contributed by atoms with Crippen LogP contribution in [-0.2, 0) is 4.79 Å². The first-order valence-corrected chi connectivity index (χ1v) is 4.59. The Bertz CT molecular complexity index is 238. The first-order chi connectivity index (χ1) is 5.94. The van der Waals surface area contributed by atoms with Crippen molar-refractivity contribution in [3.63, 3.8) is 0 Å². The highest BCUT2D eigenvalue weighted by Gasteiger charge is 2.40. The van der Waals surface area contributed by atoms with Gasteiger partial charge in [0.2, 0.25) is 0 Å². The fourth-order valence-corrected chi connectivity index (χ4v) is 1.55. The minimum atomic E-state index is -0.973. The van der Waals surface area contributed by atoms with Gasteiger partial charge in [-0.15, -0.1) is 0 Å². The van der Waals surface area contributed by atoms with Gasteiger partial charge in [-0.2, -0.15) is 10.2 Å². The molecule has 0 fully saturated rings. The van der Waals surface area contributed by atoms with E-state index in [0.29, 0.717) is 12.3 Å². The molecule has 0 bridgehead atoms. The van der Waals surface area contributed by atoms with Crippen molar-refractivity contribution >= 4 is 5.97 Å². The molecule has 0 spiro atoms. The summed E-state index contributed by atoms with van der Waals surface area (Å²) in [6.07, 6.45) is 1.47. The van der Waals surface area contributed by atoms with Crippen LogP contribution in [0, 0.1) is 5.92 Å². The highest BCUT2D eigenvalue weighted by Crippen LogP contribution is 2.30. The van der Waals surface area contributed by atoms with Gasteiger partial charge in [-0.05, 0) is 19.3 Å². The number of azo groups is 1. The van der Waals surface area contributed by atoms with Crippen LogP contribution in [0.5, 0.6) is 0 Å². The molecule has 0 saturated carbocycles. The van der Waals surface area contributed by atoms with Crippen LogP contribution < -0.4 is 0 Å². The molecular weight excluding hydrogens is 168 g/mol. The van der Waals surface area contributed by atoms with E-state index < -0.39 is 11.5 Å². The van der Waals surface area contributed by atoms with Crippen molar-refractivity contribution in [1.29, 1.82) is 0 Å². The van der Waals surface area contributed by atoms with Crippen molar-refractivity contribution in [2.75, 3.05) is 0 Å². The number of hydrogen-bond donors (Lipinski definition) is 1. The van der Waals surface area contributed by atoms with Gasteiger partial charge in [0, 0.05) is 6.42 Å². The largest absolute Gasteiger partial charge is 0.479 e. The minimum absolute atomic E-state index is 0.0982. The molecule has 1 heterocycles. The lowest BCUT2D eigenvalue weighted by atomic mass is 9.92. The molecule has 0 amide bonds. The second-order valence-corrected chi connectivity index (χ2v) is 4.28. The lowest BCUT2D eigenvalue weighted by molar-refractivity contribution is -0.142. The Kier molecular flexibility index (Phi) is 2.68. The first-order valence-electron chi connectivity index (χ1n) is 4.59. The average Bonchev–Trinajstić information content (AvgIpc) is 2.32. The number of aliphatic carboxylic acids is 1. The lowest BCUT2D eigenvalue weighted by Gasteiger charge is -2.14. The van der Waals surface area contributed by atoms with Crippen LogP contribution in [-0.4, -0.2) is 22.7 Å². The molecule has 2 unspecified atom stereocenters. The molecule has 1 aliphatic heterocycles. The number of rotatable bonds is 3. The van der Waals surface area contributed by atoms with E-state index in [9.17, 15) is 4.79 Å². The second kappa shape index (κ2) is 3.44. The van der Waals surface area contributed by atoms with Gasteiger partial charge in [0.1, 0.15) is 0 Å². The number of carboxylic acid groups (broad SMARTS) is 1. The zero-order valence-corrected chi connectivity index (χ0v) is 8.32. The van der Waals surface area contributed by atoms with Gasteiger partial charge < -0.3 is 5.11 Å². The van der Waals surface area contributed by atoms with Crippen LogP contribution >= 0.6 is 0 Å². The number of hydrogen-bond acceptors (Lipinski definition) is 3. The molecule has 0 aromatic heterocycles. The summed E-state index contributed by atoms with van der Waals surface area (Å²) in [5.74, 6) is -0.331. The van der Waals surface area contributed by atoms with Crippen LogP contribution in [0.4, 0.5) is 0 Å². The van der Waals surface area contributed by atoms with E-state index in [0.717, 1.165) is 6.42 Å². The summed E-state index contributed by atoms with van der Waals surface area (Å²) >= 11 is 0. The normalized spacial score (nSPS) is 32.8. The summed E-state index contributed by atoms with van der Waals surface area (Å²) in [7, 11) is 0. The zero-order valence-electron chi connectivity index (χ0n) is 8.32. The number of nitrogens with zero attached hydrogens (tertiary/aromatic N) is 2. The van der Waals surface area contributed by atoms with Crippen LogP contribution in [0.1, 0.15) is 33.6 Å². The molecule has 2 atom stereocenters. The van der Waals surface area contributed by atoms with E-state index >= 15 is 0 Å². The van der Waals surface area contributed by atoms with Crippen molar-refractivity contribution in [3.8, 4) is 0 Å². The Morgan fingerprint density at radius 3 is 2.69 bits per heavy atom. The molecule has 0 radical (unpaired) electrons. The van der Waals surface area contributed by atoms with Gasteiger partial charge in [-0.3, -0.25) is 0 Å². The van der Waals surface area contributed by atoms with E-state index in [-0.39, 0.29) is 6.04 Å². The maximum Gasteiger partial charge on any atom is 0.333 e. The molecule has 4 heteroatoms. The maximum absolute atomic E-state index is 10.8. The standard InChI is InChI=1S/C9H16N2O2/c1-6(2)4-7-5-9(3,8(12)13)11-10-7/h6-7H,4-5H2,1-3H3,(H,12,13). The highest BCUT2D eigenvalue weighted by molar-refractivity contribution is 5.78. The molecule has 0 aliphatic carbocycles. The second-order valence-electron chi connectivity index (χ2n) is 4.28. The van der Waals surface area contributed by atoms with Crippen LogP contribution in [0.3, 0.4) is 0 Å². The summed E-state index contributed by atoms with van der Waals surface area (Å²) in [6.45, 7) is 5.83. The van der Waals surface area contributed by atoms with Crippen molar-refractivity contribution < 1.29 is 9.90 Å². The summed E-state index contributed by atoms with van der Waals surface area (Å²) in [5.41, 5.74) is -0.973. The molecule has 0 aromatic carbocycles. The summed E-state index contributed by atoms with van der Waals surface area (Å²) in [6, 6.07) is 0.0982. The molecule has 1 N–H and O–H groups in total. The monoisotopic (exact) mass is 184 g/mol. The topological polar surface area (TPSA) is 62.0 Å². The molecule has 0 aromatic rings. The maximum atomic E-state index is 10.8. The van der Waals surface area contributed by atoms with Crippen molar-refractivity contribution in [2.24, 2.45) is 16.1 Å². The Balaban J connectivity index is 2.55. The quantitative estimate of drug-likeness (QED) is 0.730. The van der Waals surface area contributed by atoms with E-state index in [1.807, 2.05) is 0 Å². The van der Waals surface area contributed by atoms with E-state index in [2.05, 4.69) is 24.1 Å². The van der Waals surface area contributed by atoms with Gasteiger partial charge in [-0.25, -0.2) is 4.79 Å². The Hall–Kier alpha value is -0.930. The Labute approximate surface area is 78.1 Å². The number of carbonyl (C=O) groups is 1. The molecule has 4 nitrogen and oxygen atoms in total. The SMILES string of the molecule is CC(C)CC1CC(C)(C(=O)O)N=N1. The van der Waals surface area contributed by atoms with Gasteiger partial charge in [0.05, 0.1) is 6.04 Å². The third-order valence-corrected chi connectivity index (χ3v) is 2.28. The molecule has 0 saturated heterocycles. The van der Waals surface area contributed by atoms with Crippen molar-refractivity contribution in [2.45, 2.75) is 45.2 Å². The van der Waals surface area contributed by atoms with E-state index in [1.54, 1.807) is 6.92 Å². The van der Waals surface area contributed by atoms with Crippen LogP contribution in [0.2, 0.25) is 0 Å². The summed E-state index contributed by atoms with van der Waals surface area (Å²) < 4.78 is 0. The fraction of sp³-hybridized carbons (Fsp3) is 0.889. The Morgan fingerprint density at radius 1 is 1.69 bits per heavy atom. The smallest absolute Gasteiger partial charge is 0.333 e. The van der Waals surface area contributed by atoms with Crippen molar-refractivity contribution in [1.82, 2.24) is 0 Å². The average molecular weight is 184 g/mol. The van der Waals surface area contributed by atoms with Crippen LogP contribution in [0.15, 0.2) is 10.2 Å². The van der Waals surface area contributed by atoms with Gasteiger partial charge in [0.25, 0.3) is 0 Å². The van der Waals surface area contributed by atoms with E-state index in [1.165, 1.54) is 0 Å². The van der Waals surface area contributed by atoms with Gasteiger partial charge in [0.15, 0.2) is 5.54 Å². The van der Waals surface area contributed by atoms with Crippen molar-refractivity contribution in [3.05, 3.63) is 0 Å². The lowest BCUT2D eigenvalue weighted by Crippen LogP contribution is -2.32. The molecule has 13 heavy (non-hydrogen) atoms. The molecule has 1 aliphatic rings. The fourth-order valence-electron chi connectivity index (χ4n) is 1.55. The molecular formula is C9H16N2O2. The predicted molar refractivity (Wildman–Crippen MR) is 48.8 cm³/mol. The Morgan fingerprint density at radius 2 is 2.31 bits per heavy atom. The third kappa shape index (κ3) is 2.26. The number of carboxylic acids is 1. The highest BCUT2D eigenvalue weighted by atomic mass is 16.4.